The molecule has 1 saturated heterocycles. The van der Waals surface area contributed by atoms with Crippen molar-refractivity contribution >= 4 is 17.7 Å². The van der Waals surface area contributed by atoms with Crippen LogP contribution in [0, 0.1) is 12.8 Å². The van der Waals surface area contributed by atoms with Crippen molar-refractivity contribution in [3.63, 3.8) is 0 Å². The summed E-state index contributed by atoms with van der Waals surface area (Å²) in [5, 5.41) is 5.70. The molecule has 0 aromatic heterocycles. The summed E-state index contributed by atoms with van der Waals surface area (Å²) in [6.45, 7) is 6.97. The molecule has 1 aliphatic heterocycles. The van der Waals surface area contributed by atoms with Gasteiger partial charge in [0.25, 0.3) is 11.8 Å². The Morgan fingerprint density at radius 1 is 1.12 bits per heavy atom. The largest absolute Gasteiger partial charge is 0.497 e. The average molecular weight is 450 g/mol. The monoisotopic (exact) mass is 449 g/mol. The summed E-state index contributed by atoms with van der Waals surface area (Å²) in [5.41, 5.74) is 2.15. The Kier molecular flexibility index (Phi) is 8.24. The Morgan fingerprint density at radius 3 is 2.42 bits per heavy atom. The van der Waals surface area contributed by atoms with Gasteiger partial charge in [0.2, 0.25) is 5.91 Å². The Balaban J connectivity index is 1.68. The topological polar surface area (TPSA) is 87.7 Å². The number of aryl methyl sites for hydroxylation is 1. The van der Waals surface area contributed by atoms with Gasteiger partial charge in [-0.25, -0.2) is 0 Å². The predicted octanol–water partition coefficient (Wildman–Crippen LogP) is 2.96. The van der Waals surface area contributed by atoms with E-state index in [-0.39, 0.29) is 23.6 Å². The average Bonchev–Trinajstić information content (AvgIpc) is 2.85. The Morgan fingerprint density at radius 2 is 1.82 bits per heavy atom. The highest BCUT2D eigenvalue weighted by Gasteiger charge is 2.34. The van der Waals surface area contributed by atoms with Crippen LogP contribution >= 0.6 is 0 Å². The lowest BCUT2D eigenvalue weighted by Crippen LogP contribution is -2.53. The van der Waals surface area contributed by atoms with E-state index in [2.05, 4.69) is 17.2 Å². The number of amides is 3. The number of piperidine rings is 1. The van der Waals surface area contributed by atoms with Crippen LogP contribution in [0.4, 0.5) is 0 Å². The molecule has 1 fully saturated rings. The van der Waals surface area contributed by atoms with Crippen LogP contribution in [-0.4, -0.2) is 55.4 Å². The summed E-state index contributed by atoms with van der Waals surface area (Å²) in [6.07, 6.45) is 2.84. The van der Waals surface area contributed by atoms with E-state index in [0.717, 1.165) is 5.56 Å². The molecule has 33 heavy (non-hydrogen) atoms. The van der Waals surface area contributed by atoms with Gasteiger partial charge in [-0.15, -0.1) is 6.58 Å². The van der Waals surface area contributed by atoms with Gasteiger partial charge in [-0.05, 0) is 62.1 Å². The summed E-state index contributed by atoms with van der Waals surface area (Å²) in [7, 11) is 1.56. The van der Waals surface area contributed by atoms with Gasteiger partial charge in [-0.3, -0.25) is 14.4 Å². The summed E-state index contributed by atoms with van der Waals surface area (Å²) >= 11 is 0. The van der Waals surface area contributed by atoms with Crippen LogP contribution in [0.1, 0.15) is 39.1 Å². The lowest BCUT2D eigenvalue weighted by atomic mass is 9.88. The highest BCUT2D eigenvalue weighted by Crippen LogP contribution is 2.23. The Bertz CT molecular complexity index is 995. The Labute approximate surface area is 194 Å². The maximum absolute atomic E-state index is 12.9. The molecular weight excluding hydrogens is 418 g/mol. The maximum atomic E-state index is 12.9. The van der Waals surface area contributed by atoms with Gasteiger partial charge in [0, 0.05) is 30.8 Å². The van der Waals surface area contributed by atoms with Crippen molar-refractivity contribution in [3.05, 3.63) is 77.9 Å². The fraction of sp³-hybridized carbons (Fsp3) is 0.346. The molecule has 1 aliphatic rings. The zero-order chi connectivity index (χ0) is 23.8. The van der Waals surface area contributed by atoms with E-state index in [1.165, 1.54) is 0 Å². The number of nitrogens with one attached hydrogen (secondary N) is 2. The first-order chi connectivity index (χ1) is 15.9. The van der Waals surface area contributed by atoms with Crippen LogP contribution in [0.25, 0.3) is 0 Å². The molecule has 0 bridgehead atoms. The molecule has 0 aliphatic carbocycles. The molecular formula is C26H31N3O4. The van der Waals surface area contributed by atoms with Crippen molar-refractivity contribution in [1.82, 2.24) is 15.5 Å². The van der Waals surface area contributed by atoms with E-state index in [1.54, 1.807) is 37.5 Å². The van der Waals surface area contributed by atoms with Gasteiger partial charge in [0.1, 0.15) is 11.8 Å². The molecule has 0 spiro atoms. The number of likely N-dealkylation sites (tertiary alicyclic amines) is 1. The summed E-state index contributed by atoms with van der Waals surface area (Å²) < 4.78 is 5.14. The number of benzene rings is 2. The number of methoxy groups -OCH3 is 1. The number of ether oxygens (including phenoxy) is 1. The number of carbonyl (C=O) groups is 3. The first kappa shape index (κ1) is 24.0. The molecule has 2 N–H and O–H groups in total. The number of rotatable bonds is 8. The van der Waals surface area contributed by atoms with Gasteiger partial charge >= 0.3 is 0 Å². The standard InChI is InChI=1S/C26H31N3O4/c1-4-14-27-25(31)23(28-24(30)20-8-10-22(33-3)11-9-20)19-12-15-29(16-13-19)26(32)21-7-5-6-18(2)17-21/h4-11,17,19,23H,1,12-16H2,2-3H3,(H,27,31)(H,28,30)/t23-/m0/s1. The molecule has 2 aromatic carbocycles. The molecule has 1 heterocycles. The van der Waals surface area contributed by atoms with Crippen LogP contribution in [0.3, 0.4) is 0 Å². The van der Waals surface area contributed by atoms with Crippen LogP contribution in [0.2, 0.25) is 0 Å². The molecule has 3 amide bonds. The summed E-state index contributed by atoms with van der Waals surface area (Å²) in [6, 6.07) is 13.6. The third-order valence-corrected chi connectivity index (χ3v) is 5.91. The van der Waals surface area contributed by atoms with Crippen molar-refractivity contribution < 1.29 is 19.1 Å². The normalized spacial score (nSPS) is 14.8. The number of hydrogen-bond donors (Lipinski definition) is 2. The van der Waals surface area contributed by atoms with Crippen LogP contribution in [-0.2, 0) is 4.79 Å². The number of nitrogens with zero attached hydrogens (tertiary/aromatic N) is 1. The van der Waals surface area contributed by atoms with E-state index in [4.69, 9.17) is 4.74 Å². The molecule has 2 aromatic rings. The quantitative estimate of drug-likeness (QED) is 0.607. The SMILES string of the molecule is C=CCNC(=O)[C@@H](NC(=O)c1ccc(OC)cc1)C1CCN(C(=O)c2cccc(C)c2)CC1. The maximum Gasteiger partial charge on any atom is 0.253 e. The van der Waals surface area contributed by atoms with Gasteiger partial charge in [0.05, 0.1) is 7.11 Å². The number of hydrogen-bond acceptors (Lipinski definition) is 4. The first-order valence-electron chi connectivity index (χ1n) is 11.1. The highest BCUT2D eigenvalue weighted by molar-refractivity contribution is 5.98. The summed E-state index contributed by atoms with van der Waals surface area (Å²) in [4.78, 5) is 40.4. The second-order valence-corrected chi connectivity index (χ2v) is 8.21. The van der Waals surface area contributed by atoms with Gasteiger partial charge in [0.15, 0.2) is 0 Å². The summed E-state index contributed by atoms with van der Waals surface area (Å²) in [5.74, 6) is -0.0157. The molecule has 7 heteroatoms. The van der Waals surface area contributed by atoms with Crippen molar-refractivity contribution in [2.24, 2.45) is 5.92 Å². The minimum Gasteiger partial charge on any atom is -0.497 e. The van der Waals surface area contributed by atoms with Crippen LogP contribution in [0.5, 0.6) is 5.75 Å². The van der Waals surface area contributed by atoms with Gasteiger partial charge in [-0.2, -0.15) is 0 Å². The highest BCUT2D eigenvalue weighted by atomic mass is 16.5. The third kappa shape index (κ3) is 6.22. The molecule has 174 valence electrons. The first-order valence-corrected chi connectivity index (χ1v) is 11.1. The van der Waals surface area contributed by atoms with Crippen molar-refractivity contribution in [3.8, 4) is 5.75 Å². The van der Waals surface area contributed by atoms with Gasteiger partial charge < -0.3 is 20.3 Å². The zero-order valence-corrected chi connectivity index (χ0v) is 19.2. The van der Waals surface area contributed by atoms with E-state index >= 15 is 0 Å². The smallest absolute Gasteiger partial charge is 0.253 e. The lowest BCUT2D eigenvalue weighted by molar-refractivity contribution is -0.124. The molecule has 3 rings (SSSR count). The van der Waals surface area contributed by atoms with E-state index in [9.17, 15) is 14.4 Å². The third-order valence-electron chi connectivity index (χ3n) is 5.91. The van der Waals surface area contributed by atoms with E-state index in [1.807, 2.05) is 36.1 Å². The van der Waals surface area contributed by atoms with E-state index in [0.29, 0.717) is 49.4 Å². The lowest BCUT2D eigenvalue weighted by Gasteiger charge is -2.36. The minimum absolute atomic E-state index is 0.00734. The van der Waals surface area contributed by atoms with Crippen molar-refractivity contribution in [1.29, 1.82) is 0 Å². The minimum atomic E-state index is -0.698. The number of carbonyl (C=O) groups excluding carboxylic acids is 3. The molecule has 0 radical (unpaired) electrons. The molecule has 0 saturated carbocycles. The fourth-order valence-corrected chi connectivity index (χ4v) is 4.04. The fourth-order valence-electron chi connectivity index (χ4n) is 4.04. The second kappa shape index (κ2) is 11.3. The van der Waals surface area contributed by atoms with Crippen molar-refractivity contribution in [2.45, 2.75) is 25.8 Å². The van der Waals surface area contributed by atoms with Crippen molar-refractivity contribution in [2.75, 3.05) is 26.7 Å². The zero-order valence-electron chi connectivity index (χ0n) is 19.2. The van der Waals surface area contributed by atoms with Crippen LogP contribution in [0.15, 0.2) is 61.2 Å². The molecule has 0 unspecified atom stereocenters. The van der Waals surface area contributed by atoms with E-state index < -0.39 is 6.04 Å². The van der Waals surface area contributed by atoms with Crippen LogP contribution < -0.4 is 15.4 Å². The van der Waals surface area contributed by atoms with Gasteiger partial charge in [-0.1, -0.05) is 23.8 Å². The molecule has 7 nitrogen and oxygen atoms in total. The second-order valence-electron chi connectivity index (χ2n) is 8.21. The Hall–Kier alpha value is -3.61. The predicted molar refractivity (Wildman–Crippen MR) is 127 cm³/mol. The molecule has 1 atom stereocenters.